The molecule has 0 atom stereocenters. The van der Waals surface area contributed by atoms with Crippen molar-refractivity contribution in [2.24, 2.45) is 11.3 Å². The summed E-state index contributed by atoms with van der Waals surface area (Å²) in [5, 5.41) is 9.23. The Balaban J connectivity index is 1.84. The van der Waals surface area contributed by atoms with Gasteiger partial charge in [-0.1, -0.05) is 19.8 Å². The van der Waals surface area contributed by atoms with E-state index < -0.39 is 0 Å². The van der Waals surface area contributed by atoms with Gasteiger partial charge in [-0.15, -0.1) is 0 Å². The summed E-state index contributed by atoms with van der Waals surface area (Å²) in [7, 11) is 1.91. The van der Waals surface area contributed by atoms with Crippen molar-refractivity contribution in [2.75, 3.05) is 13.6 Å². The maximum atomic E-state index is 12.3. The minimum Gasteiger partial charge on any atom is -0.393 e. The maximum Gasteiger partial charge on any atom is 0.228 e. The third-order valence-corrected chi connectivity index (χ3v) is 4.31. The fourth-order valence-corrected chi connectivity index (χ4v) is 3.15. The van der Waals surface area contributed by atoms with Gasteiger partial charge in [-0.05, 0) is 31.6 Å². The molecule has 0 bridgehead atoms. The highest BCUT2D eigenvalue weighted by Crippen LogP contribution is 2.39. The lowest BCUT2D eigenvalue weighted by atomic mass is 9.81. The van der Waals surface area contributed by atoms with E-state index in [1.54, 1.807) is 0 Å². The summed E-state index contributed by atoms with van der Waals surface area (Å²) in [6.07, 6.45) is 6.10. The van der Waals surface area contributed by atoms with Crippen LogP contribution < -0.4 is 0 Å². The molecule has 1 amide bonds. The molecule has 0 aromatic rings. The van der Waals surface area contributed by atoms with E-state index in [9.17, 15) is 9.90 Å². The number of aliphatic hydroxyl groups excluding tert-OH is 1. The van der Waals surface area contributed by atoms with Gasteiger partial charge in [0.25, 0.3) is 0 Å². The van der Waals surface area contributed by atoms with Crippen LogP contribution in [0, 0.1) is 11.3 Å². The molecule has 16 heavy (non-hydrogen) atoms. The highest BCUT2D eigenvalue weighted by atomic mass is 16.3. The summed E-state index contributed by atoms with van der Waals surface area (Å²) in [5.41, 5.74) is -0.100. The molecule has 2 rings (SSSR count). The van der Waals surface area contributed by atoms with Gasteiger partial charge in [0.05, 0.1) is 6.10 Å². The van der Waals surface area contributed by atoms with Crippen molar-refractivity contribution >= 4 is 5.91 Å². The van der Waals surface area contributed by atoms with Gasteiger partial charge in [0.1, 0.15) is 0 Å². The normalized spacial score (nSPS) is 32.2. The monoisotopic (exact) mass is 225 g/mol. The molecule has 3 nitrogen and oxygen atoms in total. The molecular weight excluding hydrogens is 202 g/mol. The smallest absolute Gasteiger partial charge is 0.228 e. The highest BCUT2D eigenvalue weighted by molar-refractivity contribution is 5.82. The number of carbonyl (C=O) groups is 1. The molecule has 2 aliphatic carbocycles. The topological polar surface area (TPSA) is 40.5 Å². The molecule has 0 saturated heterocycles. The van der Waals surface area contributed by atoms with Crippen molar-refractivity contribution in [1.82, 2.24) is 4.90 Å². The fourth-order valence-electron chi connectivity index (χ4n) is 3.15. The maximum absolute atomic E-state index is 12.3. The molecule has 0 aliphatic heterocycles. The Morgan fingerprint density at radius 3 is 2.44 bits per heavy atom. The highest BCUT2D eigenvalue weighted by Gasteiger charge is 2.39. The van der Waals surface area contributed by atoms with Crippen molar-refractivity contribution in [3.05, 3.63) is 0 Å². The number of rotatable bonds is 3. The number of nitrogens with zero attached hydrogens (tertiary/aromatic N) is 1. The molecule has 0 radical (unpaired) electrons. The van der Waals surface area contributed by atoms with Gasteiger partial charge in [-0.2, -0.15) is 0 Å². The van der Waals surface area contributed by atoms with Gasteiger partial charge in [-0.3, -0.25) is 4.79 Å². The van der Waals surface area contributed by atoms with E-state index in [-0.39, 0.29) is 11.5 Å². The van der Waals surface area contributed by atoms with Crippen molar-refractivity contribution in [2.45, 2.75) is 51.6 Å². The minimum atomic E-state index is -0.115. The molecule has 0 unspecified atom stereocenters. The van der Waals surface area contributed by atoms with Crippen molar-refractivity contribution < 1.29 is 9.90 Å². The predicted molar refractivity (Wildman–Crippen MR) is 62.9 cm³/mol. The Kier molecular flexibility index (Phi) is 3.24. The van der Waals surface area contributed by atoms with Crippen LogP contribution >= 0.6 is 0 Å². The van der Waals surface area contributed by atoms with Crippen LogP contribution in [0.4, 0.5) is 0 Å². The number of aliphatic hydroxyl groups is 1. The van der Waals surface area contributed by atoms with Gasteiger partial charge in [0.2, 0.25) is 5.91 Å². The first-order valence-electron chi connectivity index (χ1n) is 6.45. The van der Waals surface area contributed by atoms with Crippen LogP contribution in [0.5, 0.6) is 0 Å². The van der Waals surface area contributed by atoms with Crippen LogP contribution in [-0.2, 0) is 4.79 Å². The molecule has 3 heteroatoms. The van der Waals surface area contributed by atoms with Crippen molar-refractivity contribution in [3.8, 4) is 0 Å². The second-order valence-electron chi connectivity index (χ2n) is 5.94. The number of hydrogen-bond donors (Lipinski definition) is 1. The first-order chi connectivity index (χ1) is 7.51. The third kappa shape index (κ3) is 2.24. The first-order valence-corrected chi connectivity index (χ1v) is 6.45. The van der Waals surface area contributed by atoms with Crippen molar-refractivity contribution in [3.63, 3.8) is 0 Å². The van der Waals surface area contributed by atoms with Crippen LogP contribution in [0.25, 0.3) is 0 Å². The number of amides is 1. The average molecular weight is 225 g/mol. The van der Waals surface area contributed by atoms with E-state index >= 15 is 0 Å². The second kappa shape index (κ2) is 4.36. The molecule has 0 heterocycles. The predicted octanol–water partition coefficient (Wildman–Crippen LogP) is 1.80. The summed E-state index contributed by atoms with van der Waals surface area (Å²) in [4.78, 5) is 14.2. The standard InChI is InChI=1S/C13H23NO2/c1-13(5-3-4-6-13)12(16)14(2)9-10-7-11(15)8-10/h10-11,15H,3-9H2,1-2H3. The molecule has 2 fully saturated rings. The van der Waals surface area contributed by atoms with E-state index in [0.29, 0.717) is 11.8 Å². The van der Waals surface area contributed by atoms with Gasteiger partial charge >= 0.3 is 0 Å². The van der Waals surface area contributed by atoms with E-state index in [1.807, 2.05) is 11.9 Å². The zero-order chi connectivity index (χ0) is 11.8. The summed E-state index contributed by atoms with van der Waals surface area (Å²) in [6, 6.07) is 0. The Morgan fingerprint density at radius 2 is 1.94 bits per heavy atom. The van der Waals surface area contributed by atoms with E-state index in [4.69, 9.17) is 0 Å². The lowest BCUT2D eigenvalue weighted by molar-refractivity contribution is -0.141. The van der Waals surface area contributed by atoms with E-state index in [1.165, 1.54) is 12.8 Å². The molecule has 0 aromatic heterocycles. The summed E-state index contributed by atoms with van der Waals surface area (Å²) < 4.78 is 0. The SMILES string of the molecule is CN(CC1CC(O)C1)C(=O)C1(C)CCCC1. The Labute approximate surface area is 97.8 Å². The van der Waals surface area contributed by atoms with Crippen LogP contribution in [0.1, 0.15) is 45.4 Å². The largest absolute Gasteiger partial charge is 0.393 e. The molecule has 1 N–H and O–H groups in total. The van der Waals surface area contributed by atoms with Crippen molar-refractivity contribution in [1.29, 1.82) is 0 Å². The summed E-state index contributed by atoms with van der Waals surface area (Å²) >= 11 is 0. The average Bonchev–Trinajstić information content (AvgIpc) is 2.63. The molecular formula is C13H23NO2. The molecule has 0 aromatic carbocycles. The molecule has 92 valence electrons. The van der Waals surface area contributed by atoms with Gasteiger partial charge in [-0.25, -0.2) is 0 Å². The Bertz CT molecular complexity index is 265. The Hall–Kier alpha value is -0.570. The van der Waals surface area contributed by atoms with Crippen LogP contribution in [0.2, 0.25) is 0 Å². The van der Waals surface area contributed by atoms with E-state index in [2.05, 4.69) is 6.92 Å². The van der Waals surface area contributed by atoms with Crippen LogP contribution in [0.3, 0.4) is 0 Å². The summed E-state index contributed by atoms with van der Waals surface area (Å²) in [5.74, 6) is 0.834. The van der Waals surface area contributed by atoms with Gasteiger partial charge in [0.15, 0.2) is 0 Å². The van der Waals surface area contributed by atoms with E-state index in [0.717, 1.165) is 32.2 Å². The fraction of sp³-hybridized carbons (Fsp3) is 0.923. The van der Waals surface area contributed by atoms with Crippen LogP contribution in [-0.4, -0.2) is 35.6 Å². The minimum absolute atomic E-state index is 0.100. The zero-order valence-electron chi connectivity index (χ0n) is 10.4. The second-order valence-corrected chi connectivity index (χ2v) is 5.94. The Morgan fingerprint density at radius 1 is 1.38 bits per heavy atom. The van der Waals surface area contributed by atoms with Gasteiger partial charge < -0.3 is 10.0 Å². The lowest BCUT2D eigenvalue weighted by Gasteiger charge is -2.37. The first kappa shape index (κ1) is 11.9. The van der Waals surface area contributed by atoms with Crippen LogP contribution in [0.15, 0.2) is 0 Å². The summed E-state index contributed by atoms with van der Waals surface area (Å²) in [6.45, 7) is 2.93. The number of hydrogen-bond acceptors (Lipinski definition) is 2. The molecule has 2 saturated carbocycles. The number of carbonyl (C=O) groups excluding carboxylic acids is 1. The third-order valence-electron chi connectivity index (χ3n) is 4.31. The quantitative estimate of drug-likeness (QED) is 0.795. The molecule has 2 aliphatic rings. The zero-order valence-corrected chi connectivity index (χ0v) is 10.4. The molecule has 0 spiro atoms. The lowest BCUT2D eigenvalue weighted by Crippen LogP contribution is -2.44. The van der Waals surface area contributed by atoms with Gasteiger partial charge in [0, 0.05) is 19.0 Å².